The molecule has 2 aliphatic rings. The third-order valence-corrected chi connectivity index (χ3v) is 4.40. The van der Waals surface area contributed by atoms with Gasteiger partial charge in [0.15, 0.2) is 0 Å². The normalized spacial score (nSPS) is 24.8. The minimum atomic E-state index is -0.348. The van der Waals surface area contributed by atoms with Gasteiger partial charge < -0.3 is 15.0 Å². The van der Waals surface area contributed by atoms with E-state index in [9.17, 15) is 9.59 Å². The van der Waals surface area contributed by atoms with Crippen molar-refractivity contribution in [2.45, 2.75) is 70.4 Å². The van der Waals surface area contributed by atoms with Gasteiger partial charge in [-0.2, -0.15) is 0 Å². The molecule has 0 bridgehead atoms. The summed E-state index contributed by atoms with van der Waals surface area (Å²) in [6.07, 6.45) is 8.49. The van der Waals surface area contributed by atoms with Gasteiger partial charge in [-0.3, -0.25) is 9.59 Å². The number of carbonyl (C=O) groups excluding carboxylic acids is 2. The fourth-order valence-corrected chi connectivity index (χ4v) is 3.16. The molecule has 0 radical (unpaired) electrons. The molecule has 0 spiro atoms. The predicted molar refractivity (Wildman–Crippen MR) is 80.9 cm³/mol. The molecule has 5 heteroatoms. The maximum atomic E-state index is 12.4. The maximum absolute atomic E-state index is 12.4. The Labute approximate surface area is 127 Å². The van der Waals surface area contributed by atoms with Crippen molar-refractivity contribution in [1.82, 2.24) is 10.2 Å². The molecule has 1 aliphatic carbocycles. The number of nitrogens with one attached hydrogen (secondary N) is 1. The Kier molecular flexibility index (Phi) is 6.49. The average Bonchev–Trinajstić information content (AvgIpc) is 2.62. The van der Waals surface area contributed by atoms with Crippen LogP contribution in [0, 0.1) is 0 Å². The van der Waals surface area contributed by atoms with E-state index in [1.807, 2.05) is 6.92 Å². The maximum Gasteiger partial charge on any atom is 0.245 e. The molecule has 1 saturated heterocycles. The topological polar surface area (TPSA) is 58.6 Å². The highest BCUT2D eigenvalue weighted by molar-refractivity contribution is 5.89. The molecule has 2 rings (SSSR count). The first-order valence-corrected chi connectivity index (χ1v) is 8.40. The van der Waals surface area contributed by atoms with Gasteiger partial charge in [0, 0.05) is 19.5 Å². The lowest BCUT2D eigenvalue weighted by atomic mass is 9.98. The first-order valence-electron chi connectivity index (χ1n) is 8.40. The van der Waals surface area contributed by atoms with Crippen LogP contribution in [0.3, 0.4) is 0 Å². The Balaban J connectivity index is 1.79. The molecular weight excluding hydrogens is 268 g/mol. The summed E-state index contributed by atoms with van der Waals surface area (Å²) < 4.78 is 5.90. The summed E-state index contributed by atoms with van der Waals surface area (Å²) in [4.78, 5) is 25.9. The second kappa shape index (κ2) is 8.37. The van der Waals surface area contributed by atoms with Crippen molar-refractivity contribution < 1.29 is 14.3 Å². The molecule has 1 heterocycles. The van der Waals surface area contributed by atoms with Crippen LogP contribution in [-0.4, -0.2) is 48.6 Å². The van der Waals surface area contributed by atoms with Crippen molar-refractivity contribution in [3.8, 4) is 0 Å². The second-order valence-corrected chi connectivity index (χ2v) is 6.11. The molecule has 120 valence electrons. The van der Waals surface area contributed by atoms with Crippen molar-refractivity contribution in [2.24, 2.45) is 0 Å². The van der Waals surface area contributed by atoms with Crippen molar-refractivity contribution in [3.05, 3.63) is 0 Å². The standard InChI is InChI=1S/C16H28N2O3/c1-2-6-14-16(20)18(10-9-15(19)17-14)11-12-21-13-7-4-3-5-8-13/h13-14H,2-12H2,1H3,(H,17,19). The number of ether oxygens (including phenoxy) is 1. The van der Waals surface area contributed by atoms with Gasteiger partial charge in [-0.05, 0) is 19.3 Å². The predicted octanol–water partition coefficient (Wildman–Crippen LogP) is 1.85. The summed E-state index contributed by atoms with van der Waals surface area (Å²) in [5.41, 5.74) is 0. The highest BCUT2D eigenvalue weighted by Gasteiger charge is 2.29. The zero-order valence-electron chi connectivity index (χ0n) is 13.1. The molecule has 0 aromatic rings. The molecule has 0 aromatic carbocycles. The highest BCUT2D eigenvalue weighted by atomic mass is 16.5. The van der Waals surface area contributed by atoms with Crippen LogP contribution in [0.1, 0.15) is 58.3 Å². The number of hydrogen-bond donors (Lipinski definition) is 1. The summed E-state index contributed by atoms with van der Waals surface area (Å²) in [7, 11) is 0. The lowest BCUT2D eigenvalue weighted by Gasteiger charge is -2.26. The van der Waals surface area contributed by atoms with Crippen molar-refractivity contribution in [3.63, 3.8) is 0 Å². The summed E-state index contributed by atoms with van der Waals surface area (Å²) in [5, 5.41) is 2.83. The molecule has 1 N–H and O–H groups in total. The molecule has 2 fully saturated rings. The van der Waals surface area contributed by atoms with Gasteiger partial charge >= 0.3 is 0 Å². The zero-order chi connectivity index (χ0) is 15.1. The van der Waals surface area contributed by atoms with Gasteiger partial charge in [-0.15, -0.1) is 0 Å². The summed E-state index contributed by atoms with van der Waals surface area (Å²) in [6.45, 7) is 3.73. The quantitative estimate of drug-likeness (QED) is 0.814. The van der Waals surface area contributed by atoms with Crippen molar-refractivity contribution >= 4 is 11.8 Å². The third kappa shape index (κ3) is 4.99. The monoisotopic (exact) mass is 296 g/mol. The Morgan fingerprint density at radius 3 is 2.71 bits per heavy atom. The average molecular weight is 296 g/mol. The van der Waals surface area contributed by atoms with Crippen LogP contribution >= 0.6 is 0 Å². The van der Waals surface area contributed by atoms with Gasteiger partial charge in [-0.25, -0.2) is 0 Å². The molecule has 21 heavy (non-hydrogen) atoms. The number of amides is 2. The largest absolute Gasteiger partial charge is 0.376 e. The Bertz CT molecular complexity index is 353. The molecule has 1 aliphatic heterocycles. The van der Waals surface area contributed by atoms with Crippen LogP contribution in [0.15, 0.2) is 0 Å². The molecular formula is C16H28N2O3. The van der Waals surface area contributed by atoms with Crippen molar-refractivity contribution in [2.75, 3.05) is 19.7 Å². The summed E-state index contributed by atoms with van der Waals surface area (Å²) in [6, 6.07) is -0.348. The summed E-state index contributed by atoms with van der Waals surface area (Å²) in [5.74, 6) is 0.0347. The van der Waals surface area contributed by atoms with Crippen LogP contribution in [0.25, 0.3) is 0 Å². The second-order valence-electron chi connectivity index (χ2n) is 6.11. The smallest absolute Gasteiger partial charge is 0.245 e. The molecule has 2 amide bonds. The van der Waals surface area contributed by atoms with E-state index in [1.54, 1.807) is 4.90 Å². The summed E-state index contributed by atoms with van der Waals surface area (Å²) >= 11 is 0. The van der Waals surface area contributed by atoms with Gasteiger partial charge in [0.05, 0.1) is 12.7 Å². The van der Waals surface area contributed by atoms with E-state index >= 15 is 0 Å². The minimum Gasteiger partial charge on any atom is -0.376 e. The lowest BCUT2D eigenvalue weighted by Crippen LogP contribution is -2.45. The van der Waals surface area contributed by atoms with Gasteiger partial charge in [0.2, 0.25) is 11.8 Å². The Morgan fingerprint density at radius 1 is 1.24 bits per heavy atom. The van der Waals surface area contributed by atoms with E-state index in [0.29, 0.717) is 38.6 Å². The first kappa shape index (κ1) is 16.3. The van der Waals surface area contributed by atoms with Crippen LogP contribution in [-0.2, 0) is 14.3 Å². The van der Waals surface area contributed by atoms with E-state index in [2.05, 4.69) is 5.32 Å². The third-order valence-electron chi connectivity index (χ3n) is 4.40. The fraction of sp³-hybridized carbons (Fsp3) is 0.875. The van der Waals surface area contributed by atoms with Crippen LogP contribution in [0.5, 0.6) is 0 Å². The van der Waals surface area contributed by atoms with Gasteiger partial charge in [0.25, 0.3) is 0 Å². The lowest BCUT2D eigenvalue weighted by molar-refractivity contribution is -0.134. The molecule has 1 unspecified atom stereocenters. The van der Waals surface area contributed by atoms with Crippen LogP contribution in [0.4, 0.5) is 0 Å². The van der Waals surface area contributed by atoms with E-state index < -0.39 is 0 Å². The number of nitrogens with zero attached hydrogens (tertiary/aromatic N) is 1. The van der Waals surface area contributed by atoms with E-state index in [0.717, 1.165) is 19.3 Å². The van der Waals surface area contributed by atoms with E-state index in [-0.39, 0.29) is 17.9 Å². The van der Waals surface area contributed by atoms with Crippen LogP contribution in [0.2, 0.25) is 0 Å². The molecule has 1 saturated carbocycles. The highest BCUT2D eigenvalue weighted by Crippen LogP contribution is 2.20. The van der Waals surface area contributed by atoms with Gasteiger partial charge in [0.1, 0.15) is 6.04 Å². The molecule has 5 nitrogen and oxygen atoms in total. The van der Waals surface area contributed by atoms with E-state index in [4.69, 9.17) is 4.74 Å². The number of hydrogen-bond acceptors (Lipinski definition) is 3. The van der Waals surface area contributed by atoms with Gasteiger partial charge in [-0.1, -0.05) is 32.6 Å². The fourth-order valence-electron chi connectivity index (χ4n) is 3.16. The van der Waals surface area contributed by atoms with Crippen molar-refractivity contribution in [1.29, 1.82) is 0 Å². The SMILES string of the molecule is CCCC1NC(=O)CCN(CCOC2CCCCC2)C1=O. The number of rotatable bonds is 6. The molecule has 1 atom stereocenters. The zero-order valence-corrected chi connectivity index (χ0v) is 13.1. The van der Waals surface area contributed by atoms with Crippen LogP contribution < -0.4 is 5.32 Å². The van der Waals surface area contributed by atoms with E-state index in [1.165, 1.54) is 19.3 Å². The Hall–Kier alpha value is -1.10. The first-order chi connectivity index (χ1) is 10.2. The Morgan fingerprint density at radius 2 is 2.00 bits per heavy atom. The minimum absolute atomic E-state index is 0.0162. The number of carbonyl (C=O) groups is 2. The molecule has 0 aromatic heterocycles.